The Labute approximate surface area is 101 Å². The summed E-state index contributed by atoms with van der Waals surface area (Å²) in [6.07, 6.45) is 10.1. The molecule has 2 unspecified atom stereocenters. The third-order valence-electron chi connectivity index (χ3n) is 4.32. The summed E-state index contributed by atoms with van der Waals surface area (Å²) in [7, 11) is 0. The van der Waals surface area contributed by atoms with E-state index in [4.69, 9.17) is 0 Å². The molecule has 0 radical (unpaired) electrons. The zero-order valence-corrected chi connectivity index (χ0v) is 10.9. The van der Waals surface area contributed by atoms with Crippen LogP contribution in [0.1, 0.15) is 51.9 Å². The van der Waals surface area contributed by atoms with Gasteiger partial charge >= 0.3 is 0 Å². The maximum Gasteiger partial charge on any atom is 0.0107 e. The minimum atomic E-state index is 0.813. The van der Waals surface area contributed by atoms with Crippen LogP contribution in [-0.2, 0) is 0 Å². The highest BCUT2D eigenvalue weighted by atomic mass is 15.1. The molecular weight excluding hydrogens is 196 g/mol. The van der Waals surface area contributed by atoms with Crippen LogP contribution >= 0.6 is 0 Å². The molecule has 0 amide bonds. The van der Waals surface area contributed by atoms with Crippen molar-refractivity contribution < 1.29 is 0 Å². The van der Waals surface area contributed by atoms with Gasteiger partial charge in [0.25, 0.3) is 0 Å². The van der Waals surface area contributed by atoms with E-state index < -0.39 is 0 Å². The molecule has 2 atom stereocenters. The van der Waals surface area contributed by atoms with Crippen LogP contribution in [-0.4, -0.2) is 37.1 Å². The topological polar surface area (TPSA) is 15.3 Å². The molecule has 94 valence electrons. The van der Waals surface area contributed by atoms with E-state index >= 15 is 0 Å². The molecule has 0 bridgehead atoms. The monoisotopic (exact) mass is 224 g/mol. The Hall–Kier alpha value is -0.0800. The highest BCUT2D eigenvalue weighted by molar-refractivity contribution is 4.85. The zero-order valence-electron chi connectivity index (χ0n) is 10.9. The lowest BCUT2D eigenvalue weighted by Crippen LogP contribution is -2.39. The number of rotatable bonds is 4. The summed E-state index contributed by atoms with van der Waals surface area (Å²) in [6, 6.07) is 0.813. The summed E-state index contributed by atoms with van der Waals surface area (Å²) in [5.74, 6) is 0.929. The van der Waals surface area contributed by atoms with E-state index in [2.05, 4.69) is 17.1 Å². The number of nitrogens with zero attached hydrogens (tertiary/aromatic N) is 1. The van der Waals surface area contributed by atoms with Crippen molar-refractivity contribution in [2.75, 3.05) is 26.2 Å². The van der Waals surface area contributed by atoms with Gasteiger partial charge in [-0.3, -0.25) is 0 Å². The maximum atomic E-state index is 3.67. The van der Waals surface area contributed by atoms with Crippen molar-refractivity contribution >= 4 is 0 Å². The van der Waals surface area contributed by atoms with Crippen molar-refractivity contribution in [1.82, 2.24) is 10.2 Å². The van der Waals surface area contributed by atoms with Crippen LogP contribution in [0.3, 0.4) is 0 Å². The van der Waals surface area contributed by atoms with Gasteiger partial charge in [0.2, 0.25) is 0 Å². The first kappa shape index (κ1) is 12.4. The van der Waals surface area contributed by atoms with E-state index in [1.54, 1.807) is 0 Å². The summed E-state index contributed by atoms with van der Waals surface area (Å²) in [6.45, 7) is 7.45. The molecule has 2 aliphatic rings. The van der Waals surface area contributed by atoms with Crippen LogP contribution in [0.2, 0.25) is 0 Å². The summed E-state index contributed by atoms with van der Waals surface area (Å²) in [5, 5.41) is 3.67. The normalized spacial score (nSPS) is 32.8. The molecule has 0 aromatic carbocycles. The summed E-state index contributed by atoms with van der Waals surface area (Å²) < 4.78 is 0. The van der Waals surface area contributed by atoms with Crippen molar-refractivity contribution in [2.45, 2.75) is 57.9 Å². The second-order valence-electron chi connectivity index (χ2n) is 5.57. The minimum Gasteiger partial charge on any atom is -0.314 e. The standard InChI is InChI=1S/C14H28N2/c1-2-15-14-9-7-8-13(14)12-16-10-5-3-4-6-11-16/h13-15H,2-12H2,1H3. The number of hydrogen-bond donors (Lipinski definition) is 1. The molecule has 1 aliphatic heterocycles. The fraction of sp³-hybridized carbons (Fsp3) is 1.00. The molecule has 16 heavy (non-hydrogen) atoms. The lowest BCUT2D eigenvalue weighted by Gasteiger charge is -2.27. The first-order chi connectivity index (χ1) is 7.90. The second-order valence-corrected chi connectivity index (χ2v) is 5.57. The van der Waals surface area contributed by atoms with Crippen molar-refractivity contribution in [3.8, 4) is 0 Å². The molecule has 1 aliphatic carbocycles. The van der Waals surface area contributed by atoms with Crippen molar-refractivity contribution in [3.05, 3.63) is 0 Å². The first-order valence-corrected chi connectivity index (χ1v) is 7.36. The zero-order chi connectivity index (χ0) is 11.2. The van der Waals surface area contributed by atoms with Crippen LogP contribution in [0.25, 0.3) is 0 Å². The Morgan fingerprint density at radius 3 is 2.44 bits per heavy atom. The summed E-state index contributed by atoms with van der Waals surface area (Å²) in [4.78, 5) is 2.73. The largest absolute Gasteiger partial charge is 0.314 e. The molecule has 2 fully saturated rings. The Morgan fingerprint density at radius 1 is 1.00 bits per heavy atom. The van der Waals surface area contributed by atoms with Gasteiger partial charge in [0.1, 0.15) is 0 Å². The Morgan fingerprint density at radius 2 is 1.75 bits per heavy atom. The summed E-state index contributed by atoms with van der Waals surface area (Å²) in [5.41, 5.74) is 0. The minimum absolute atomic E-state index is 0.813. The average molecular weight is 224 g/mol. The lowest BCUT2D eigenvalue weighted by molar-refractivity contribution is 0.221. The predicted molar refractivity (Wildman–Crippen MR) is 69.7 cm³/mol. The fourth-order valence-corrected chi connectivity index (χ4v) is 3.44. The molecule has 2 rings (SSSR count). The van der Waals surface area contributed by atoms with Gasteiger partial charge in [-0.1, -0.05) is 26.2 Å². The highest BCUT2D eigenvalue weighted by Gasteiger charge is 2.28. The second kappa shape index (κ2) is 6.61. The van der Waals surface area contributed by atoms with Crippen LogP contribution in [0, 0.1) is 5.92 Å². The van der Waals surface area contributed by atoms with Crippen LogP contribution < -0.4 is 5.32 Å². The van der Waals surface area contributed by atoms with Crippen molar-refractivity contribution in [3.63, 3.8) is 0 Å². The molecule has 2 nitrogen and oxygen atoms in total. The molecule has 1 heterocycles. The number of nitrogens with one attached hydrogen (secondary N) is 1. The van der Waals surface area contributed by atoms with Gasteiger partial charge in [0.15, 0.2) is 0 Å². The van der Waals surface area contributed by atoms with E-state index in [1.807, 2.05) is 0 Å². The van der Waals surface area contributed by atoms with E-state index in [0.717, 1.165) is 18.5 Å². The van der Waals surface area contributed by atoms with E-state index in [9.17, 15) is 0 Å². The Bertz CT molecular complexity index is 185. The van der Waals surface area contributed by atoms with E-state index in [1.165, 1.54) is 64.6 Å². The van der Waals surface area contributed by atoms with Crippen molar-refractivity contribution in [2.24, 2.45) is 5.92 Å². The quantitative estimate of drug-likeness (QED) is 0.790. The molecule has 2 heteroatoms. The fourth-order valence-electron chi connectivity index (χ4n) is 3.44. The molecular formula is C14H28N2. The smallest absolute Gasteiger partial charge is 0.0107 e. The Kier molecular flexibility index (Phi) is 5.11. The van der Waals surface area contributed by atoms with Gasteiger partial charge in [-0.05, 0) is 51.2 Å². The van der Waals surface area contributed by atoms with Gasteiger partial charge in [-0.25, -0.2) is 0 Å². The average Bonchev–Trinajstić information content (AvgIpc) is 2.56. The molecule has 0 spiro atoms. The van der Waals surface area contributed by atoms with Gasteiger partial charge in [-0.2, -0.15) is 0 Å². The van der Waals surface area contributed by atoms with Gasteiger partial charge < -0.3 is 10.2 Å². The van der Waals surface area contributed by atoms with E-state index in [0.29, 0.717) is 0 Å². The van der Waals surface area contributed by atoms with Gasteiger partial charge in [0.05, 0.1) is 0 Å². The van der Waals surface area contributed by atoms with Crippen LogP contribution in [0.5, 0.6) is 0 Å². The van der Waals surface area contributed by atoms with Crippen molar-refractivity contribution in [1.29, 1.82) is 0 Å². The third kappa shape index (κ3) is 3.46. The SMILES string of the molecule is CCNC1CCCC1CN1CCCCCC1. The van der Waals surface area contributed by atoms with Gasteiger partial charge in [0, 0.05) is 12.6 Å². The van der Waals surface area contributed by atoms with Gasteiger partial charge in [-0.15, -0.1) is 0 Å². The Balaban J connectivity index is 1.78. The summed E-state index contributed by atoms with van der Waals surface area (Å²) >= 11 is 0. The molecule has 1 N–H and O–H groups in total. The highest BCUT2D eigenvalue weighted by Crippen LogP contribution is 2.27. The molecule has 1 saturated heterocycles. The molecule has 0 aromatic heterocycles. The van der Waals surface area contributed by atoms with Crippen LogP contribution in [0.15, 0.2) is 0 Å². The first-order valence-electron chi connectivity index (χ1n) is 7.36. The van der Waals surface area contributed by atoms with Crippen LogP contribution in [0.4, 0.5) is 0 Å². The van der Waals surface area contributed by atoms with E-state index in [-0.39, 0.29) is 0 Å². The predicted octanol–water partition coefficient (Wildman–Crippen LogP) is 2.64. The lowest BCUT2D eigenvalue weighted by atomic mass is 10.0. The maximum absolute atomic E-state index is 3.67. The number of hydrogen-bond acceptors (Lipinski definition) is 2. The molecule has 1 saturated carbocycles. The number of likely N-dealkylation sites (tertiary alicyclic amines) is 1. The molecule has 0 aromatic rings. The third-order valence-corrected chi connectivity index (χ3v) is 4.32.